The number of urea groups is 1. The van der Waals surface area contributed by atoms with Gasteiger partial charge in [0.2, 0.25) is 0 Å². The highest BCUT2D eigenvalue weighted by atomic mass is 16.5. The fourth-order valence-corrected chi connectivity index (χ4v) is 6.08. The normalized spacial score (nSPS) is 24.5. The first-order valence-corrected chi connectivity index (χ1v) is 13.5. The number of hydrogen-bond donors (Lipinski definition) is 2. The average molecular weight is 500 g/mol. The lowest BCUT2D eigenvalue weighted by molar-refractivity contribution is -0.135. The summed E-state index contributed by atoms with van der Waals surface area (Å²) in [7, 11) is 0. The van der Waals surface area contributed by atoms with E-state index in [1.54, 1.807) is 0 Å². The summed E-state index contributed by atoms with van der Waals surface area (Å²) in [5.74, 6) is 0.609. The van der Waals surface area contributed by atoms with Crippen molar-refractivity contribution in [3.8, 4) is 0 Å². The standard InChI is InChI=1S/C31H37N3O3/c1-22(28-13-7-11-23-10-5-6-12-29(23)28)32-18-25-19-34(20-30(25)24-8-3-2-4-9-24)31(36)33-26-14-16-27(17-15-26)37-21-35/h2-13,21-22,25-27,30,32H,14-20H2,1H3,(H,33,36)/t22-,25-,26?,27?,30-/m1/s1. The van der Waals surface area contributed by atoms with Gasteiger partial charge < -0.3 is 20.3 Å². The Labute approximate surface area is 219 Å². The van der Waals surface area contributed by atoms with Crippen LogP contribution in [0, 0.1) is 5.92 Å². The summed E-state index contributed by atoms with van der Waals surface area (Å²) in [5, 5.41) is 9.58. The molecule has 6 heteroatoms. The first-order valence-electron chi connectivity index (χ1n) is 13.5. The summed E-state index contributed by atoms with van der Waals surface area (Å²) in [4.78, 5) is 25.9. The average Bonchev–Trinajstić information content (AvgIpc) is 3.38. The summed E-state index contributed by atoms with van der Waals surface area (Å²) < 4.78 is 5.10. The number of nitrogens with zero attached hydrogens (tertiary/aromatic N) is 1. The van der Waals surface area contributed by atoms with E-state index in [1.807, 2.05) is 11.0 Å². The van der Waals surface area contributed by atoms with E-state index in [0.717, 1.165) is 38.8 Å². The van der Waals surface area contributed by atoms with Crippen molar-refractivity contribution in [3.63, 3.8) is 0 Å². The smallest absolute Gasteiger partial charge is 0.317 e. The third-order valence-electron chi connectivity index (χ3n) is 8.18. The fourth-order valence-electron chi connectivity index (χ4n) is 6.08. The molecule has 194 valence electrons. The molecule has 1 heterocycles. The first-order chi connectivity index (χ1) is 18.1. The molecule has 2 amide bonds. The minimum absolute atomic E-state index is 0.0147. The van der Waals surface area contributed by atoms with E-state index in [-0.39, 0.29) is 30.1 Å². The highest BCUT2D eigenvalue weighted by Gasteiger charge is 2.37. The molecule has 1 saturated heterocycles. The van der Waals surface area contributed by atoms with Crippen molar-refractivity contribution in [1.82, 2.24) is 15.5 Å². The third kappa shape index (κ3) is 5.96. The molecule has 2 N–H and O–H groups in total. The van der Waals surface area contributed by atoms with Gasteiger partial charge in [-0.25, -0.2) is 4.79 Å². The number of hydrogen-bond acceptors (Lipinski definition) is 4. The topological polar surface area (TPSA) is 70.7 Å². The number of ether oxygens (including phenoxy) is 1. The Balaban J connectivity index is 1.24. The molecule has 0 radical (unpaired) electrons. The Morgan fingerprint density at radius 3 is 2.49 bits per heavy atom. The predicted octanol–water partition coefficient (Wildman–Crippen LogP) is 5.40. The second-order valence-electron chi connectivity index (χ2n) is 10.5. The molecule has 2 aliphatic rings. The minimum atomic E-state index is -0.0147. The molecule has 0 bridgehead atoms. The summed E-state index contributed by atoms with van der Waals surface area (Å²) >= 11 is 0. The maximum Gasteiger partial charge on any atom is 0.317 e. The Morgan fingerprint density at radius 1 is 0.973 bits per heavy atom. The van der Waals surface area contributed by atoms with Gasteiger partial charge in [-0.05, 0) is 60.4 Å². The SMILES string of the molecule is C[C@@H](NC[C@@H]1CN(C(=O)NC2CCC(OC=O)CC2)C[C@@H]1c1ccccc1)c1cccc2ccccc12. The van der Waals surface area contributed by atoms with Crippen LogP contribution in [0.4, 0.5) is 4.79 Å². The molecule has 1 saturated carbocycles. The molecule has 0 spiro atoms. The van der Waals surface area contributed by atoms with Gasteiger partial charge in [0.1, 0.15) is 6.10 Å². The highest BCUT2D eigenvalue weighted by Crippen LogP contribution is 2.33. The molecule has 3 aromatic rings. The van der Waals surface area contributed by atoms with Crippen LogP contribution in [-0.2, 0) is 9.53 Å². The van der Waals surface area contributed by atoms with Gasteiger partial charge in [-0.1, -0.05) is 72.8 Å². The number of amides is 2. The quantitative estimate of drug-likeness (QED) is 0.407. The zero-order chi connectivity index (χ0) is 25.6. The van der Waals surface area contributed by atoms with Crippen LogP contribution in [0.5, 0.6) is 0 Å². The molecule has 1 aliphatic carbocycles. The molecule has 2 fully saturated rings. The summed E-state index contributed by atoms with van der Waals surface area (Å²) in [6, 6.07) is 26.0. The molecule has 0 aromatic heterocycles. The summed E-state index contributed by atoms with van der Waals surface area (Å²) in [5.41, 5.74) is 2.59. The lowest BCUT2D eigenvalue weighted by Gasteiger charge is -2.29. The van der Waals surface area contributed by atoms with E-state index in [4.69, 9.17) is 4.74 Å². The van der Waals surface area contributed by atoms with Gasteiger partial charge in [0.15, 0.2) is 0 Å². The van der Waals surface area contributed by atoms with E-state index >= 15 is 0 Å². The molecular weight excluding hydrogens is 462 g/mol. The van der Waals surface area contributed by atoms with Crippen LogP contribution in [0.3, 0.4) is 0 Å². The van der Waals surface area contributed by atoms with E-state index in [0.29, 0.717) is 18.9 Å². The summed E-state index contributed by atoms with van der Waals surface area (Å²) in [6.45, 7) is 5.04. The van der Waals surface area contributed by atoms with Crippen molar-refractivity contribution in [3.05, 3.63) is 83.9 Å². The second kappa shape index (κ2) is 11.8. The number of nitrogens with one attached hydrogen (secondary N) is 2. The Bertz CT molecular complexity index is 1190. The van der Waals surface area contributed by atoms with Gasteiger partial charge in [-0.3, -0.25) is 4.79 Å². The zero-order valence-corrected chi connectivity index (χ0v) is 21.5. The molecule has 0 unspecified atom stereocenters. The minimum Gasteiger partial charge on any atom is -0.465 e. The third-order valence-corrected chi connectivity index (χ3v) is 8.18. The maximum absolute atomic E-state index is 13.3. The second-order valence-corrected chi connectivity index (χ2v) is 10.5. The van der Waals surface area contributed by atoms with Crippen LogP contribution in [0.2, 0.25) is 0 Å². The lowest BCUT2D eigenvalue weighted by Crippen LogP contribution is -2.46. The number of carbonyl (C=O) groups is 2. The predicted molar refractivity (Wildman–Crippen MR) is 146 cm³/mol. The molecule has 6 nitrogen and oxygen atoms in total. The van der Waals surface area contributed by atoms with Crippen molar-refractivity contribution in [2.45, 2.75) is 56.7 Å². The molecule has 37 heavy (non-hydrogen) atoms. The van der Waals surface area contributed by atoms with Gasteiger partial charge in [0.05, 0.1) is 0 Å². The first kappa shape index (κ1) is 25.3. The largest absolute Gasteiger partial charge is 0.465 e. The van der Waals surface area contributed by atoms with Crippen LogP contribution in [0.1, 0.15) is 55.7 Å². The number of benzene rings is 3. The van der Waals surface area contributed by atoms with Crippen molar-refractivity contribution in [1.29, 1.82) is 0 Å². The summed E-state index contributed by atoms with van der Waals surface area (Å²) in [6.07, 6.45) is 3.27. The van der Waals surface area contributed by atoms with E-state index in [1.165, 1.54) is 21.9 Å². The fraction of sp³-hybridized carbons (Fsp3) is 0.419. The van der Waals surface area contributed by atoms with Crippen molar-refractivity contribution >= 4 is 23.3 Å². The van der Waals surface area contributed by atoms with E-state index in [9.17, 15) is 9.59 Å². The molecule has 1 aliphatic heterocycles. The van der Waals surface area contributed by atoms with Gasteiger partial charge in [0.25, 0.3) is 6.47 Å². The van der Waals surface area contributed by atoms with Gasteiger partial charge >= 0.3 is 6.03 Å². The maximum atomic E-state index is 13.3. The van der Waals surface area contributed by atoms with Crippen LogP contribution < -0.4 is 10.6 Å². The van der Waals surface area contributed by atoms with Gasteiger partial charge in [0, 0.05) is 37.6 Å². The lowest BCUT2D eigenvalue weighted by atomic mass is 9.88. The van der Waals surface area contributed by atoms with Crippen molar-refractivity contribution in [2.24, 2.45) is 5.92 Å². The van der Waals surface area contributed by atoms with Crippen LogP contribution in [0.15, 0.2) is 72.8 Å². The number of fused-ring (bicyclic) bond motifs is 1. The monoisotopic (exact) mass is 499 g/mol. The molecular formula is C31H37N3O3. The molecule has 3 atom stereocenters. The molecule has 5 rings (SSSR count). The van der Waals surface area contributed by atoms with Crippen LogP contribution >= 0.6 is 0 Å². The number of likely N-dealkylation sites (tertiary alicyclic amines) is 1. The Morgan fingerprint density at radius 2 is 1.70 bits per heavy atom. The van der Waals surface area contributed by atoms with Crippen LogP contribution in [-0.4, -0.2) is 49.2 Å². The molecule has 3 aromatic carbocycles. The van der Waals surface area contributed by atoms with Crippen molar-refractivity contribution in [2.75, 3.05) is 19.6 Å². The number of rotatable bonds is 8. The Hall–Kier alpha value is -3.38. The zero-order valence-electron chi connectivity index (χ0n) is 21.5. The Kier molecular flexibility index (Phi) is 8.05. The highest BCUT2D eigenvalue weighted by molar-refractivity contribution is 5.86. The van der Waals surface area contributed by atoms with Crippen LogP contribution in [0.25, 0.3) is 10.8 Å². The van der Waals surface area contributed by atoms with Gasteiger partial charge in [-0.15, -0.1) is 0 Å². The van der Waals surface area contributed by atoms with Gasteiger partial charge in [-0.2, -0.15) is 0 Å². The van der Waals surface area contributed by atoms with E-state index in [2.05, 4.69) is 84.3 Å². The van der Waals surface area contributed by atoms with E-state index < -0.39 is 0 Å². The van der Waals surface area contributed by atoms with Crippen molar-refractivity contribution < 1.29 is 14.3 Å². The number of carbonyl (C=O) groups excluding carboxylic acids is 2.